The van der Waals surface area contributed by atoms with Crippen molar-refractivity contribution in [2.45, 2.75) is 45.1 Å². The zero-order valence-corrected chi connectivity index (χ0v) is 14.7. The molecule has 1 atom stereocenters. The highest BCUT2D eigenvalue weighted by atomic mass is 19.4. The van der Waals surface area contributed by atoms with E-state index in [1.165, 1.54) is 6.07 Å². The van der Waals surface area contributed by atoms with Crippen LogP contribution in [0.5, 0.6) is 0 Å². The number of likely N-dealkylation sites (tertiary alicyclic amines) is 1. The molecule has 0 saturated carbocycles. The molecule has 8 heteroatoms. The Morgan fingerprint density at radius 2 is 1.92 bits per heavy atom. The van der Waals surface area contributed by atoms with Crippen LogP contribution in [-0.4, -0.2) is 38.1 Å². The molecule has 1 aromatic carbocycles. The molecule has 1 fully saturated rings. The van der Waals surface area contributed by atoms with Crippen LogP contribution in [0.15, 0.2) is 30.5 Å². The predicted molar refractivity (Wildman–Crippen MR) is 90.1 cm³/mol. The molecule has 1 aliphatic rings. The molecule has 1 aliphatic heterocycles. The maximum absolute atomic E-state index is 13.1. The molecule has 1 N–H and O–H groups in total. The van der Waals surface area contributed by atoms with Crippen molar-refractivity contribution in [3.05, 3.63) is 47.3 Å². The van der Waals surface area contributed by atoms with E-state index in [1.54, 1.807) is 29.9 Å². The third-order valence-electron chi connectivity index (χ3n) is 4.85. The van der Waals surface area contributed by atoms with Crippen LogP contribution in [0.3, 0.4) is 0 Å². The number of aliphatic hydroxyl groups is 1. The summed E-state index contributed by atoms with van der Waals surface area (Å²) in [5, 5.41) is 17.5. The Morgan fingerprint density at radius 3 is 2.54 bits per heavy atom. The second-order valence-corrected chi connectivity index (χ2v) is 6.92. The van der Waals surface area contributed by atoms with Gasteiger partial charge in [0, 0.05) is 13.1 Å². The minimum Gasteiger partial charge on any atom is -0.387 e. The van der Waals surface area contributed by atoms with Crippen molar-refractivity contribution in [2.24, 2.45) is 5.92 Å². The number of aliphatic hydroxyl groups excluding tert-OH is 1. The van der Waals surface area contributed by atoms with Crippen molar-refractivity contribution in [2.75, 3.05) is 13.1 Å². The largest absolute Gasteiger partial charge is 0.416 e. The topological polar surface area (TPSA) is 54.2 Å². The third-order valence-corrected chi connectivity index (χ3v) is 4.85. The van der Waals surface area contributed by atoms with Gasteiger partial charge in [-0.3, -0.25) is 9.58 Å². The molecule has 2 aromatic rings. The molecule has 26 heavy (non-hydrogen) atoms. The number of rotatable bonds is 5. The lowest BCUT2D eigenvalue weighted by atomic mass is 9.96. The molecule has 0 unspecified atom stereocenters. The number of aromatic nitrogens is 3. The van der Waals surface area contributed by atoms with E-state index in [2.05, 4.69) is 15.2 Å². The molecular weight excluding hydrogens is 345 g/mol. The van der Waals surface area contributed by atoms with Gasteiger partial charge in [0.05, 0.1) is 17.9 Å². The Bertz CT molecular complexity index is 721. The fourth-order valence-corrected chi connectivity index (χ4v) is 3.36. The Kier molecular flexibility index (Phi) is 5.62. The first-order chi connectivity index (χ1) is 12.3. The summed E-state index contributed by atoms with van der Waals surface area (Å²) in [6, 6.07) is 5.79. The molecule has 0 bridgehead atoms. The summed E-state index contributed by atoms with van der Waals surface area (Å²) in [5.74, 6) is 0.410. The quantitative estimate of drug-likeness (QED) is 0.880. The van der Waals surface area contributed by atoms with Crippen molar-refractivity contribution in [1.29, 1.82) is 0 Å². The summed E-state index contributed by atoms with van der Waals surface area (Å²) in [7, 11) is 0. The molecule has 2 heterocycles. The first-order valence-electron chi connectivity index (χ1n) is 8.78. The number of nitrogens with zero attached hydrogens (tertiary/aromatic N) is 4. The van der Waals surface area contributed by atoms with Gasteiger partial charge in [-0.05, 0) is 50.4 Å². The van der Waals surface area contributed by atoms with E-state index in [1.807, 2.05) is 0 Å². The second kappa shape index (κ2) is 7.75. The lowest BCUT2D eigenvalue weighted by Crippen LogP contribution is -2.35. The van der Waals surface area contributed by atoms with E-state index < -0.39 is 17.8 Å². The first-order valence-corrected chi connectivity index (χ1v) is 8.78. The summed E-state index contributed by atoms with van der Waals surface area (Å²) < 4.78 is 41.1. The number of hydrogen-bond donors (Lipinski definition) is 1. The van der Waals surface area contributed by atoms with Crippen LogP contribution < -0.4 is 0 Å². The van der Waals surface area contributed by atoms with Gasteiger partial charge in [0.2, 0.25) is 0 Å². The lowest BCUT2D eigenvalue weighted by molar-refractivity contribution is -0.138. The van der Waals surface area contributed by atoms with Crippen molar-refractivity contribution >= 4 is 0 Å². The van der Waals surface area contributed by atoms with Crippen molar-refractivity contribution in [1.82, 2.24) is 19.9 Å². The van der Waals surface area contributed by atoms with Gasteiger partial charge in [-0.25, -0.2) is 0 Å². The Hall–Kier alpha value is -1.93. The molecule has 3 rings (SSSR count). The SMILES string of the molecule is C[C@@H](O)c1cn(CC2CCN(Cc3ccccc3C(F)(F)F)CC2)nn1. The van der Waals surface area contributed by atoms with Crippen LogP contribution >= 0.6 is 0 Å². The molecule has 0 aliphatic carbocycles. The molecule has 0 radical (unpaired) electrons. The molecule has 0 spiro atoms. The number of alkyl halides is 3. The van der Waals surface area contributed by atoms with Gasteiger partial charge in [-0.1, -0.05) is 23.4 Å². The maximum Gasteiger partial charge on any atom is 0.416 e. The van der Waals surface area contributed by atoms with Crippen LogP contribution in [0.25, 0.3) is 0 Å². The highest BCUT2D eigenvalue weighted by Crippen LogP contribution is 2.33. The van der Waals surface area contributed by atoms with E-state index >= 15 is 0 Å². The Balaban J connectivity index is 1.54. The fraction of sp³-hybridized carbons (Fsp3) is 0.556. The number of piperidine rings is 1. The van der Waals surface area contributed by atoms with Gasteiger partial charge in [0.1, 0.15) is 5.69 Å². The number of benzene rings is 1. The molecule has 1 aromatic heterocycles. The Morgan fingerprint density at radius 1 is 1.23 bits per heavy atom. The summed E-state index contributed by atoms with van der Waals surface area (Å²) in [6.45, 7) is 4.19. The van der Waals surface area contributed by atoms with Crippen molar-refractivity contribution in [3.63, 3.8) is 0 Å². The average Bonchev–Trinajstić information content (AvgIpc) is 3.05. The standard InChI is InChI=1S/C18H23F3N4O/c1-13(26)17-12-25(23-22-17)10-14-6-8-24(9-7-14)11-15-4-2-3-5-16(15)18(19,20)21/h2-5,12-14,26H,6-11H2,1H3/t13-/m1/s1. The maximum atomic E-state index is 13.1. The fourth-order valence-electron chi connectivity index (χ4n) is 3.36. The van der Waals surface area contributed by atoms with Crippen LogP contribution in [0.1, 0.15) is 42.7 Å². The van der Waals surface area contributed by atoms with Crippen LogP contribution in [0, 0.1) is 5.92 Å². The highest BCUT2D eigenvalue weighted by molar-refractivity contribution is 5.29. The lowest BCUT2D eigenvalue weighted by Gasteiger charge is -2.32. The summed E-state index contributed by atoms with van der Waals surface area (Å²) in [5.41, 5.74) is 0.331. The molecule has 0 amide bonds. The average molecular weight is 368 g/mol. The van der Waals surface area contributed by atoms with Gasteiger partial charge in [-0.2, -0.15) is 13.2 Å². The van der Waals surface area contributed by atoms with Crippen molar-refractivity contribution in [3.8, 4) is 0 Å². The van der Waals surface area contributed by atoms with E-state index in [0.717, 1.165) is 32.0 Å². The van der Waals surface area contributed by atoms with Gasteiger partial charge < -0.3 is 5.11 Å². The molecule has 1 saturated heterocycles. The number of hydrogen-bond acceptors (Lipinski definition) is 4. The summed E-state index contributed by atoms with van der Waals surface area (Å²) in [6.07, 6.45) is -1.41. The minimum atomic E-state index is -4.32. The van der Waals surface area contributed by atoms with Crippen molar-refractivity contribution < 1.29 is 18.3 Å². The van der Waals surface area contributed by atoms with Crippen LogP contribution in [0.2, 0.25) is 0 Å². The summed E-state index contributed by atoms with van der Waals surface area (Å²) >= 11 is 0. The minimum absolute atomic E-state index is 0.317. The van der Waals surface area contributed by atoms with Crippen LogP contribution in [0.4, 0.5) is 13.2 Å². The third kappa shape index (κ3) is 4.62. The predicted octanol–water partition coefficient (Wildman–Crippen LogP) is 3.26. The van der Waals surface area contributed by atoms with Gasteiger partial charge in [0.25, 0.3) is 0 Å². The van der Waals surface area contributed by atoms with E-state index in [4.69, 9.17) is 0 Å². The Labute approximate surface area is 150 Å². The second-order valence-electron chi connectivity index (χ2n) is 6.92. The van der Waals surface area contributed by atoms with Gasteiger partial charge in [0.15, 0.2) is 0 Å². The molecule has 142 valence electrons. The van der Waals surface area contributed by atoms with Crippen LogP contribution in [-0.2, 0) is 19.3 Å². The molecule has 5 nitrogen and oxygen atoms in total. The van der Waals surface area contributed by atoms with Gasteiger partial charge in [-0.15, -0.1) is 5.10 Å². The van der Waals surface area contributed by atoms with E-state index in [-0.39, 0.29) is 0 Å². The normalized spacial score (nSPS) is 18.2. The molecular formula is C18H23F3N4O. The monoisotopic (exact) mass is 368 g/mol. The smallest absolute Gasteiger partial charge is 0.387 e. The summed E-state index contributed by atoms with van der Waals surface area (Å²) in [4.78, 5) is 2.07. The van der Waals surface area contributed by atoms with E-state index in [9.17, 15) is 18.3 Å². The highest BCUT2D eigenvalue weighted by Gasteiger charge is 2.33. The van der Waals surface area contributed by atoms with E-state index in [0.29, 0.717) is 30.3 Å². The zero-order valence-electron chi connectivity index (χ0n) is 14.7. The first kappa shape index (κ1) is 18.8. The number of halogens is 3. The van der Waals surface area contributed by atoms with Gasteiger partial charge >= 0.3 is 6.18 Å². The zero-order chi connectivity index (χ0) is 18.7.